The fourth-order valence-corrected chi connectivity index (χ4v) is 3.94. The van der Waals surface area contributed by atoms with Crippen molar-refractivity contribution in [3.63, 3.8) is 0 Å². The number of aromatic nitrogens is 1. The minimum atomic E-state index is -4.13. The summed E-state index contributed by atoms with van der Waals surface area (Å²) in [5.41, 5.74) is 2.23. The van der Waals surface area contributed by atoms with E-state index in [1.807, 2.05) is 10.8 Å². The lowest BCUT2D eigenvalue weighted by molar-refractivity contribution is 0.0569. The van der Waals surface area contributed by atoms with Gasteiger partial charge in [0, 0.05) is 24.8 Å². The van der Waals surface area contributed by atoms with Gasteiger partial charge in [-0.05, 0) is 49.6 Å². The van der Waals surface area contributed by atoms with Crippen molar-refractivity contribution in [3.05, 3.63) is 47.7 Å². The molecular weight excluding hydrogens is 450 g/mol. The molecule has 11 nitrogen and oxygen atoms in total. The van der Waals surface area contributed by atoms with Gasteiger partial charge in [0.25, 0.3) is 0 Å². The summed E-state index contributed by atoms with van der Waals surface area (Å²) in [6, 6.07) is 8.66. The number of ether oxygens (including phenoxy) is 1. The number of pyridine rings is 1. The Kier molecular flexibility index (Phi) is 7.20. The van der Waals surface area contributed by atoms with Crippen LogP contribution in [-0.2, 0) is 28.0 Å². The second-order valence-electron chi connectivity index (χ2n) is 8.39. The Morgan fingerprint density at radius 2 is 2.06 bits per heavy atom. The summed E-state index contributed by atoms with van der Waals surface area (Å²) in [5, 5.41) is 11.9. The molecule has 0 spiro atoms. The molecule has 178 valence electrons. The summed E-state index contributed by atoms with van der Waals surface area (Å²) in [5.74, 6) is 0.444. The highest BCUT2D eigenvalue weighted by Crippen LogP contribution is 2.32. The van der Waals surface area contributed by atoms with Gasteiger partial charge >= 0.3 is 22.3 Å². The lowest BCUT2D eigenvalue weighted by Gasteiger charge is -2.29. The van der Waals surface area contributed by atoms with Crippen LogP contribution in [0.5, 0.6) is 0 Å². The molecule has 0 bridgehead atoms. The molecule has 0 aliphatic carbocycles. The van der Waals surface area contributed by atoms with Crippen LogP contribution in [0.15, 0.2) is 36.5 Å². The Morgan fingerprint density at radius 1 is 1.30 bits per heavy atom. The highest BCUT2D eigenvalue weighted by molar-refractivity contribution is 7.88. The van der Waals surface area contributed by atoms with Crippen LogP contribution >= 0.6 is 0 Å². The van der Waals surface area contributed by atoms with Crippen molar-refractivity contribution < 1.29 is 27.9 Å². The second kappa shape index (κ2) is 9.73. The number of urea groups is 1. The Hall–Kier alpha value is -3.22. The number of amides is 3. The van der Waals surface area contributed by atoms with Crippen LogP contribution in [0.4, 0.5) is 15.4 Å². The molecular formula is C21H27N5O6S. The molecule has 0 atom stereocenters. The number of rotatable bonds is 7. The third kappa shape index (κ3) is 6.63. The standard InChI is InChI=1S/C21H27N5O6S/c1-21(2,3)32-20(29)25-33(30,31)23-12-14-5-4-6-15(11-14)16-7-8-22-18-17(16)13-26(9-10-27)19(28)24-18/h4-8,11,23,27H,9-10,12-13H2,1-3H3,(H,25,29)(H,22,24,28). The van der Waals surface area contributed by atoms with E-state index < -0.39 is 21.9 Å². The minimum Gasteiger partial charge on any atom is -0.443 e. The SMILES string of the molecule is CC(C)(C)OC(=O)NS(=O)(=O)NCc1cccc(-c2ccnc3c2CN(CCO)C(=O)N3)c1. The maximum atomic E-state index is 12.2. The number of aliphatic hydroxyl groups excluding tert-OH is 1. The summed E-state index contributed by atoms with van der Waals surface area (Å²) in [7, 11) is -4.13. The number of nitrogens with zero attached hydrogens (tertiary/aromatic N) is 2. The molecule has 0 saturated carbocycles. The third-order valence-electron chi connectivity index (χ3n) is 4.61. The summed E-state index contributed by atoms with van der Waals surface area (Å²) >= 11 is 0. The van der Waals surface area contributed by atoms with Crippen LogP contribution in [0.1, 0.15) is 31.9 Å². The number of β-amino-alcohol motifs (C(OH)–C–C–N with tert-alkyl or cyclic N) is 1. The Labute approximate surface area is 192 Å². The van der Waals surface area contributed by atoms with Crippen LogP contribution < -0.4 is 14.8 Å². The van der Waals surface area contributed by atoms with Crippen LogP contribution in [0, 0.1) is 0 Å². The molecule has 0 unspecified atom stereocenters. The van der Waals surface area contributed by atoms with Gasteiger partial charge in [0.15, 0.2) is 0 Å². The van der Waals surface area contributed by atoms with E-state index in [9.17, 15) is 23.1 Å². The lowest BCUT2D eigenvalue weighted by atomic mass is 9.98. The molecule has 33 heavy (non-hydrogen) atoms. The Balaban J connectivity index is 1.76. The summed E-state index contributed by atoms with van der Waals surface area (Å²) in [4.78, 5) is 29.6. The molecule has 0 fully saturated rings. The van der Waals surface area contributed by atoms with Gasteiger partial charge in [0.2, 0.25) is 0 Å². The fraction of sp³-hybridized carbons (Fsp3) is 0.381. The summed E-state index contributed by atoms with van der Waals surface area (Å²) in [6.07, 6.45) is 0.512. The summed E-state index contributed by atoms with van der Waals surface area (Å²) < 4.78 is 33.5. The Morgan fingerprint density at radius 3 is 2.76 bits per heavy atom. The van der Waals surface area contributed by atoms with E-state index in [2.05, 4.69) is 15.0 Å². The molecule has 1 aromatic carbocycles. The molecule has 12 heteroatoms. The van der Waals surface area contributed by atoms with Gasteiger partial charge in [-0.2, -0.15) is 13.1 Å². The highest BCUT2D eigenvalue weighted by Gasteiger charge is 2.26. The fourth-order valence-electron chi connectivity index (χ4n) is 3.25. The van der Waals surface area contributed by atoms with E-state index in [1.54, 1.807) is 51.2 Å². The van der Waals surface area contributed by atoms with Crippen LogP contribution in [0.25, 0.3) is 11.1 Å². The minimum absolute atomic E-state index is 0.0629. The molecule has 1 aromatic heterocycles. The van der Waals surface area contributed by atoms with Crippen molar-refractivity contribution in [2.75, 3.05) is 18.5 Å². The van der Waals surface area contributed by atoms with Crippen molar-refractivity contribution in [1.82, 2.24) is 19.3 Å². The van der Waals surface area contributed by atoms with Gasteiger partial charge in [-0.1, -0.05) is 18.2 Å². The van der Waals surface area contributed by atoms with Gasteiger partial charge in [-0.3, -0.25) is 5.32 Å². The maximum absolute atomic E-state index is 12.2. The monoisotopic (exact) mass is 477 g/mol. The van der Waals surface area contributed by atoms with E-state index >= 15 is 0 Å². The molecule has 2 heterocycles. The van der Waals surface area contributed by atoms with E-state index in [-0.39, 0.29) is 32.3 Å². The van der Waals surface area contributed by atoms with E-state index in [0.29, 0.717) is 11.4 Å². The van der Waals surface area contributed by atoms with Gasteiger partial charge in [0.1, 0.15) is 11.4 Å². The van der Waals surface area contributed by atoms with Crippen molar-refractivity contribution in [1.29, 1.82) is 0 Å². The number of hydrogen-bond acceptors (Lipinski definition) is 7. The van der Waals surface area contributed by atoms with Gasteiger partial charge < -0.3 is 14.7 Å². The largest absolute Gasteiger partial charge is 0.443 e. The number of carbonyl (C=O) groups excluding carboxylic acids is 2. The maximum Gasteiger partial charge on any atom is 0.422 e. The number of carbonyl (C=O) groups is 2. The van der Waals surface area contributed by atoms with Crippen LogP contribution in [0.3, 0.4) is 0 Å². The second-order valence-corrected chi connectivity index (χ2v) is 9.89. The first-order chi connectivity index (χ1) is 15.5. The number of nitrogens with one attached hydrogen (secondary N) is 3. The topological polar surface area (TPSA) is 150 Å². The molecule has 2 aromatic rings. The summed E-state index contributed by atoms with van der Waals surface area (Å²) in [6.45, 7) is 5.13. The van der Waals surface area contributed by atoms with Crippen molar-refractivity contribution in [2.24, 2.45) is 0 Å². The molecule has 0 radical (unpaired) electrons. The number of aliphatic hydroxyl groups is 1. The number of anilines is 1. The molecule has 3 amide bonds. The first-order valence-electron chi connectivity index (χ1n) is 10.2. The zero-order chi connectivity index (χ0) is 24.2. The smallest absolute Gasteiger partial charge is 0.422 e. The molecule has 1 aliphatic rings. The molecule has 1 aliphatic heterocycles. The van der Waals surface area contributed by atoms with Crippen molar-refractivity contribution in [2.45, 2.75) is 39.5 Å². The van der Waals surface area contributed by atoms with Crippen LogP contribution in [0.2, 0.25) is 0 Å². The number of hydrogen-bond donors (Lipinski definition) is 4. The molecule has 3 rings (SSSR count). The average Bonchev–Trinajstić information content (AvgIpc) is 2.71. The first-order valence-corrected chi connectivity index (χ1v) is 11.7. The highest BCUT2D eigenvalue weighted by atomic mass is 32.2. The predicted octanol–water partition coefficient (Wildman–Crippen LogP) is 1.95. The lowest BCUT2D eigenvalue weighted by Crippen LogP contribution is -2.42. The predicted molar refractivity (Wildman–Crippen MR) is 121 cm³/mol. The molecule has 4 N–H and O–H groups in total. The van der Waals surface area contributed by atoms with E-state index in [0.717, 1.165) is 16.7 Å². The average molecular weight is 478 g/mol. The number of fused-ring (bicyclic) bond motifs is 1. The van der Waals surface area contributed by atoms with Crippen molar-refractivity contribution in [3.8, 4) is 11.1 Å². The van der Waals surface area contributed by atoms with E-state index in [1.165, 1.54) is 4.90 Å². The zero-order valence-corrected chi connectivity index (χ0v) is 19.4. The van der Waals surface area contributed by atoms with Crippen molar-refractivity contribution >= 4 is 28.2 Å². The first kappa shape index (κ1) is 24.4. The normalized spacial score (nSPS) is 13.8. The third-order valence-corrected chi connectivity index (χ3v) is 5.57. The Bertz CT molecular complexity index is 1150. The van der Waals surface area contributed by atoms with Gasteiger partial charge in [-0.25, -0.2) is 19.3 Å². The van der Waals surface area contributed by atoms with Crippen LogP contribution in [-0.4, -0.2) is 54.3 Å². The zero-order valence-electron chi connectivity index (χ0n) is 18.6. The van der Waals surface area contributed by atoms with E-state index in [4.69, 9.17) is 4.74 Å². The van der Waals surface area contributed by atoms with Gasteiger partial charge in [0.05, 0.1) is 13.2 Å². The number of benzene rings is 1. The van der Waals surface area contributed by atoms with Gasteiger partial charge in [-0.15, -0.1) is 0 Å². The molecule has 0 saturated heterocycles. The quantitative estimate of drug-likeness (QED) is 0.476.